The number of hydrogen-bond acceptors (Lipinski definition) is 4. The summed E-state index contributed by atoms with van der Waals surface area (Å²) in [5.41, 5.74) is 5.16. The quantitative estimate of drug-likeness (QED) is 0.734. The molecule has 0 aliphatic rings. The molecule has 1 rings (SSSR count). The van der Waals surface area contributed by atoms with E-state index in [-0.39, 0.29) is 4.90 Å². The maximum absolute atomic E-state index is 11.3. The third-order valence-electron chi connectivity index (χ3n) is 1.88. The summed E-state index contributed by atoms with van der Waals surface area (Å²) >= 11 is 0. The van der Waals surface area contributed by atoms with E-state index in [1.807, 2.05) is 0 Å². The van der Waals surface area contributed by atoms with Crippen molar-refractivity contribution in [1.29, 1.82) is 0 Å². The zero-order chi connectivity index (χ0) is 13.1. The zero-order valence-electron chi connectivity index (χ0n) is 9.14. The molecule has 0 bridgehead atoms. The molecular weight excluding hydrogens is 244 g/mol. The topological polar surface area (TPSA) is 106 Å². The smallest absolute Gasteiger partial charge is 0.233 e. The highest BCUT2D eigenvalue weighted by molar-refractivity contribution is 7.90. The summed E-state index contributed by atoms with van der Waals surface area (Å²) in [5, 5.41) is 2.38. The number of sulfone groups is 1. The molecule has 0 radical (unpaired) electrons. The highest BCUT2D eigenvalue weighted by Crippen LogP contribution is 2.15. The van der Waals surface area contributed by atoms with Crippen molar-refractivity contribution in [3.8, 4) is 0 Å². The van der Waals surface area contributed by atoms with Gasteiger partial charge in [-0.05, 0) is 18.2 Å². The molecule has 6 nitrogen and oxygen atoms in total. The van der Waals surface area contributed by atoms with E-state index in [0.29, 0.717) is 5.69 Å². The van der Waals surface area contributed by atoms with Crippen molar-refractivity contribution in [3.05, 3.63) is 24.3 Å². The van der Waals surface area contributed by atoms with Gasteiger partial charge in [-0.25, -0.2) is 8.42 Å². The van der Waals surface area contributed by atoms with E-state index in [9.17, 15) is 18.0 Å². The lowest BCUT2D eigenvalue weighted by Crippen LogP contribution is -2.21. The molecule has 0 saturated heterocycles. The van der Waals surface area contributed by atoms with Crippen LogP contribution in [0.5, 0.6) is 0 Å². The summed E-state index contributed by atoms with van der Waals surface area (Å²) in [5.74, 6) is -1.33. The van der Waals surface area contributed by atoms with Crippen molar-refractivity contribution < 1.29 is 18.0 Å². The predicted molar refractivity (Wildman–Crippen MR) is 62.0 cm³/mol. The first-order valence-corrected chi connectivity index (χ1v) is 6.56. The molecule has 0 fully saturated rings. The largest absolute Gasteiger partial charge is 0.369 e. The fourth-order valence-corrected chi connectivity index (χ4v) is 1.83. The summed E-state index contributed by atoms with van der Waals surface area (Å²) in [6.45, 7) is 0. The summed E-state index contributed by atoms with van der Waals surface area (Å²) in [6, 6.07) is 5.75. The number of carbonyl (C=O) groups excluding carboxylic acids is 2. The minimum atomic E-state index is -3.33. The fraction of sp³-hybridized carbons (Fsp3) is 0.200. The highest BCUT2D eigenvalue weighted by atomic mass is 32.2. The molecule has 0 saturated carbocycles. The number of amides is 2. The second-order valence-corrected chi connectivity index (χ2v) is 5.51. The van der Waals surface area contributed by atoms with Gasteiger partial charge in [-0.1, -0.05) is 6.07 Å². The van der Waals surface area contributed by atoms with Gasteiger partial charge in [0.15, 0.2) is 9.84 Å². The molecule has 0 spiro atoms. The van der Waals surface area contributed by atoms with Crippen molar-refractivity contribution in [1.82, 2.24) is 0 Å². The van der Waals surface area contributed by atoms with E-state index in [1.54, 1.807) is 0 Å². The van der Waals surface area contributed by atoms with Crippen molar-refractivity contribution in [2.45, 2.75) is 11.3 Å². The average Bonchev–Trinajstić information content (AvgIpc) is 2.15. The Balaban J connectivity index is 2.87. The number of nitrogens with one attached hydrogen (secondary N) is 1. The summed E-state index contributed by atoms with van der Waals surface area (Å²) in [7, 11) is -3.33. The standard InChI is InChI=1S/C10H12N2O4S/c1-17(15,16)8-4-2-3-7(5-8)12-10(14)6-9(11)13/h2-5H,6H2,1H3,(H2,11,13)(H,12,14). The number of carbonyl (C=O) groups is 2. The van der Waals surface area contributed by atoms with E-state index < -0.39 is 28.1 Å². The monoisotopic (exact) mass is 256 g/mol. The maximum Gasteiger partial charge on any atom is 0.233 e. The zero-order valence-corrected chi connectivity index (χ0v) is 9.95. The predicted octanol–water partition coefficient (Wildman–Crippen LogP) is -0.0960. The molecule has 0 aliphatic carbocycles. The Bertz CT molecular complexity index is 551. The second kappa shape index (κ2) is 4.96. The van der Waals surface area contributed by atoms with Crippen LogP contribution >= 0.6 is 0 Å². The van der Waals surface area contributed by atoms with Crippen LogP contribution in [0.25, 0.3) is 0 Å². The van der Waals surface area contributed by atoms with Crippen LogP contribution in [-0.2, 0) is 19.4 Å². The van der Waals surface area contributed by atoms with E-state index in [0.717, 1.165) is 6.26 Å². The molecule has 0 aliphatic heterocycles. The van der Waals surface area contributed by atoms with Gasteiger partial charge < -0.3 is 11.1 Å². The Morgan fingerprint density at radius 1 is 1.35 bits per heavy atom. The molecule has 3 N–H and O–H groups in total. The first kappa shape index (κ1) is 13.2. The van der Waals surface area contributed by atoms with Crippen LogP contribution in [0, 0.1) is 0 Å². The van der Waals surface area contributed by atoms with Gasteiger partial charge in [-0.3, -0.25) is 9.59 Å². The van der Waals surface area contributed by atoms with Crippen LogP contribution in [0.4, 0.5) is 5.69 Å². The first-order chi connectivity index (χ1) is 7.79. The van der Waals surface area contributed by atoms with Gasteiger partial charge in [0.1, 0.15) is 6.42 Å². The van der Waals surface area contributed by atoms with Crippen LogP contribution in [0.2, 0.25) is 0 Å². The van der Waals surface area contributed by atoms with Crippen LogP contribution in [-0.4, -0.2) is 26.5 Å². The van der Waals surface area contributed by atoms with E-state index in [2.05, 4.69) is 5.32 Å². The molecular formula is C10H12N2O4S. The van der Waals surface area contributed by atoms with E-state index >= 15 is 0 Å². The van der Waals surface area contributed by atoms with E-state index in [1.165, 1.54) is 24.3 Å². The van der Waals surface area contributed by atoms with Gasteiger partial charge in [0.25, 0.3) is 0 Å². The molecule has 0 heterocycles. The summed E-state index contributed by atoms with van der Waals surface area (Å²) < 4.78 is 22.5. The van der Waals surface area contributed by atoms with Crippen molar-refractivity contribution >= 4 is 27.3 Å². The Labute approximate surface area is 98.7 Å². The molecule has 0 aromatic heterocycles. The third kappa shape index (κ3) is 4.23. The lowest BCUT2D eigenvalue weighted by molar-refractivity contribution is -0.124. The fourth-order valence-electron chi connectivity index (χ4n) is 1.17. The molecule has 7 heteroatoms. The normalized spacial score (nSPS) is 10.9. The van der Waals surface area contributed by atoms with Crippen LogP contribution in [0.1, 0.15) is 6.42 Å². The van der Waals surface area contributed by atoms with Crippen LogP contribution < -0.4 is 11.1 Å². The molecule has 1 aromatic carbocycles. The summed E-state index contributed by atoms with van der Waals surface area (Å²) in [4.78, 5) is 21.8. The van der Waals surface area contributed by atoms with Gasteiger partial charge in [0, 0.05) is 11.9 Å². The highest BCUT2D eigenvalue weighted by Gasteiger charge is 2.10. The first-order valence-electron chi connectivity index (χ1n) is 4.67. The average molecular weight is 256 g/mol. The van der Waals surface area contributed by atoms with Crippen LogP contribution in [0.15, 0.2) is 29.2 Å². The third-order valence-corrected chi connectivity index (χ3v) is 2.99. The SMILES string of the molecule is CS(=O)(=O)c1cccc(NC(=O)CC(N)=O)c1. The molecule has 0 atom stereocenters. The van der Waals surface area contributed by atoms with Gasteiger partial charge in [0.05, 0.1) is 4.90 Å². The van der Waals surface area contributed by atoms with Crippen LogP contribution in [0.3, 0.4) is 0 Å². The maximum atomic E-state index is 11.3. The van der Waals surface area contributed by atoms with Gasteiger partial charge in [-0.15, -0.1) is 0 Å². The van der Waals surface area contributed by atoms with E-state index in [4.69, 9.17) is 5.73 Å². The number of hydrogen-bond donors (Lipinski definition) is 2. The van der Waals surface area contributed by atoms with Crippen molar-refractivity contribution in [2.75, 3.05) is 11.6 Å². The lowest BCUT2D eigenvalue weighted by Gasteiger charge is -2.05. The molecule has 2 amide bonds. The Morgan fingerprint density at radius 2 is 2.00 bits per heavy atom. The number of primary amides is 1. The Kier molecular flexibility index (Phi) is 3.84. The van der Waals surface area contributed by atoms with Gasteiger partial charge >= 0.3 is 0 Å². The minimum absolute atomic E-state index is 0.0920. The van der Waals surface area contributed by atoms with Crippen molar-refractivity contribution in [3.63, 3.8) is 0 Å². The van der Waals surface area contributed by atoms with Gasteiger partial charge in [0.2, 0.25) is 11.8 Å². The molecule has 17 heavy (non-hydrogen) atoms. The molecule has 1 aromatic rings. The molecule has 0 unspecified atom stereocenters. The Hall–Kier alpha value is -1.89. The Morgan fingerprint density at radius 3 is 2.53 bits per heavy atom. The number of benzene rings is 1. The summed E-state index contributed by atoms with van der Waals surface area (Å²) in [6.07, 6.45) is 0.625. The second-order valence-electron chi connectivity index (χ2n) is 3.49. The number of rotatable bonds is 4. The minimum Gasteiger partial charge on any atom is -0.369 e. The van der Waals surface area contributed by atoms with Gasteiger partial charge in [-0.2, -0.15) is 0 Å². The number of anilines is 1. The number of nitrogens with two attached hydrogens (primary N) is 1. The molecule has 92 valence electrons. The van der Waals surface area contributed by atoms with Crippen molar-refractivity contribution in [2.24, 2.45) is 5.73 Å². The lowest BCUT2D eigenvalue weighted by atomic mass is 10.3.